The van der Waals surface area contributed by atoms with Gasteiger partial charge < -0.3 is 19.9 Å². The molecule has 0 atom stereocenters. The van der Waals surface area contributed by atoms with E-state index in [4.69, 9.17) is 14.6 Å². The van der Waals surface area contributed by atoms with Crippen LogP contribution in [0.2, 0.25) is 0 Å². The number of hydrogen-bond donors (Lipinski definition) is 2. The molecule has 150 valence electrons. The highest BCUT2D eigenvalue weighted by atomic mass is 16.6. The molecule has 7 nitrogen and oxygen atoms in total. The van der Waals surface area contributed by atoms with Crippen LogP contribution in [0.15, 0.2) is 36.4 Å². The number of carbonyl (C=O) groups is 2. The topological polar surface area (TPSA) is 97.8 Å². The number of benzene rings is 1. The van der Waals surface area contributed by atoms with Gasteiger partial charge in [0.25, 0.3) is 5.91 Å². The van der Waals surface area contributed by atoms with Gasteiger partial charge in [0.2, 0.25) is 0 Å². The third-order valence-corrected chi connectivity index (χ3v) is 3.62. The molecule has 0 saturated heterocycles. The maximum absolute atomic E-state index is 12.5. The maximum Gasteiger partial charge on any atom is 0.338 e. The molecule has 0 saturated carbocycles. The number of nitrogens with zero attached hydrogens (tertiary/aromatic N) is 1. The minimum absolute atomic E-state index is 0.0702. The molecule has 0 unspecified atom stereocenters. The fraction of sp³-hybridized carbons (Fsp3) is 0.381. The third-order valence-electron chi connectivity index (χ3n) is 3.62. The van der Waals surface area contributed by atoms with Crippen LogP contribution in [0.3, 0.4) is 0 Å². The lowest BCUT2D eigenvalue weighted by Crippen LogP contribution is -2.25. The second-order valence-corrected chi connectivity index (χ2v) is 7.21. The predicted molar refractivity (Wildman–Crippen MR) is 105 cm³/mol. The summed E-state index contributed by atoms with van der Waals surface area (Å²) < 4.78 is 10.8. The Hall–Kier alpha value is -2.93. The Labute approximate surface area is 164 Å². The van der Waals surface area contributed by atoms with Gasteiger partial charge in [-0.1, -0.05) is 12.1 Å². The molecule has 2 N–H and O–H groups in total. The number of rotatable bonds is 7. The van der Waals surface area contributed by atoms with E-state index in [2.05, 4.69) is 10.3 Å². The summed E-state index contributed by atoms with van der Waals surface area (Å²) in [6.07, 6.45) is 0.400. The summed E-state index contributed by atoms with van der Waals surface area (Å²) in [6, 6.07) is 10.4. The van der Waals surface area contributed by atoms with Crippen LogP contribution in [0.5, 0.6) is 5.75 Å². The van der Waals surface area contributed by atoms with Crippen molar-refractivity contribution in [3.8, 4) is 5.75 Å². The number of ether oxygens (including phenoxy) is 2. The summed E-state index contributed by atoms with van der Waals surface area (Å²) in [7, 11) is 1.51. The van der Waals surface area contributed by atoms with Gasteiger partial charge in [-0.25, -0.2) is 9.78 Å². The minimum atomic E-state index is -0.647. The van der Waals surface area contributed by atoms with Gasteiger partial charge in [0, 0.05) is 19.2 Å². The first kappa shape index (κ1) is 21.4. The van der Waals surface area contributed by atoms with E-state index in [0.717, 1.165) is 5.56 Å². The van der Waals surface area contributed by atoms with Crippen molar-refractivity contribution in [3.63, 3.8) is 0 Å². The summed E-state index contributed by atoms with van der Waals surface area (Å²) in [6.45, 7) is 5.48. The molecule has 0 radical (unpaired) electrons. The van der Waals surface area contributed by atoms with Crippen molar-refractivity contribution in [2.75, 3.05) is 20.3 Å². The monoisotopic (exact) mass is 386 g/mol. The molecule has 0 aliphatic heterocycles. The molecule has 0 aliphatic carbocycles. The average Bonchev–Trinajstić information content (AvgIpc) is 2.64. The van der Waals surface area contributed by atoms with Crippen molar-refractivity contribution < 1.29 is 24.2 Å². The van der Waals surface area contributed by atoms with E-state index in [1.165, 1.54) is 13.1 Å². The second-order valence-electron chi connectivity index (χ2n) is 7.21. The van der Waals surface area contributed by atoms with Gasteiger partial charge >= 0.3 is 5.97 Å². The zero-order valence-electron chi connectivity index (χ0n) is 16.6. The van der Waals surface area contributed by atoms with E-state index in [9.17, 15) is 9.59 Å². The van der Waals surface area contributed by atoms with E-state index in [-0.39, 0.29) is 30.4 Å². The Balaban J connectivity index is 2.33. The number of aromatic nitrogens is 1. The smallest absolute Gasteiger partial charge is 0.338 e. The molecule has 0 fully saturated rings. The SMILES string of the molecule is CNC(=O)c1cc(C(=O)OC(C)(C)C)cc(Cc2cccc(OCCO)c2)n1. The predicted octanol–water partition coefficient (Wildman–Crippen LogP) is 2.36. The van der Waals surface area contributed by atoms with Gasteiger partial charge in [0.15, 0.2) is 0 Å². The van der Waals surface area contributed by atoms with Crippen LogP contribution in [-0.4, -0.2) is 47.8 Å². The molecule has 7 heteroatoms. The van der Waals surface area contributed by atoms with E-state index in [1.54, 1.807) is 32.9 Å². The Morgan fingerprint density at radius 1 is 1.18 bits per heavy atom. The number of esters is 1. The normalized spacial score (nSPS) is 11.0. The van der Waals surface area contributed by atoms with Crippen molar-refractivity contribution in [1.29, 1.82) is 0 Å². The van der Waals surface area contributed by atoms with Gasteiger partial charge in [0.1, 0.15) is 23.7 Å². The summed E-state index contributed by atoms with van der Waals surface area (Å²) >= 11 is 0. The summed E-state index contributed by atoms with van der Waals surface area (Å²) in [5, 5.41) is 11.4. The van der Waals surface area contributed by atoms with E-state index >= 15 is 0 Å². The number of carbonyl (C=O) groups excluding carboxylic acids is 2. The zero-order valence-corrected chi connectivity index (χ0v) is 16.6. The summed E-state index contributed by atoms with van der Waals surface area (Å²) in [5.74, 6) is -0.269. The Kier molecular flexibility index (Phi) is 7.12. The lowest BCUT2D eigenvalue weighted by atomic mass is 10.1. The molecule has 2 rings (SSSR count). The molecule has 1 aromatic carbocycles. The largest absolute Gasteiger partial charge is 0.491 e. The van der Waals surface area contributed by atoms with Crippen molar-refractivity contribution in [3.05, 3.63) is 58.9 Å². The van der Waals surface area contributed by atoms with Gasteiger partial charge in [-0.3, -0.25) is 4.79 Å². The fourth-order valence-electron chi connectivity index (χ4n) is 2.50. The third kappa shape index (κ3) is 6.35. The molecule has 1 heterocycles. The van der Waals surface area contributed by atoms with Gasteiger partial charge in [-0.2, -0.15) is 0 Å². The van der Waals surface area contributed by atoms with Gasteiger partial charge in [0.05, 0.1) is 12.2 Å². The molecular weight excluding hydrogens is 360 g/mol. The lowest BCUT2D eigenvalue weighted by Gasteiger charge is -2.20. The number of aliphatic hydroxyl groups excluding tert-OH is 1. The quantitative estimate of drug-likeness (QED) is 0.709. The number of nitrogens with one attached hydrogen (secondary N) is 1. The van der Waals surface area contributed by atoms with Crippen molar-refractivity contribution in [1.82, 2.24) is 10.3 Å². The van der Waals surface area contributed by atoms with E-state index in [1.807, 2.05) is 18.2 Å². The lowest BCUT2D eigenvalue weighted by molar-refractivity contribution is 0.00692. The van der Waals surface area contributed by atoms with E-state index in [0.29, 0.717) is 17.9 Å². The molecule has 1 aromatic heterocycles. The highest BCUT2D eigenvalue weighted by Gasteiger charge is 2.20. The van der Waals surface area contributed by atoms with Gasteiger partial charge in [-0.05, 0) is 50.6 Å². The number of pyridine rings is 1. The minimum Gasteiger partial charge on any atom is -0.491 e. The molecule has 28 heavy (non-hydrogen) atoms. The van der Waals surface area contributed by atoms with Crippen molar-refractivity contribution >= 4 is 11.9 Å². The molecular formula is C21H26N2O5. The van der Waals surface area contributed by atoms with Crippen LogP contribution in [-0.2, 0) is 11.2 Å². The zero-order chi connectivity index (χ0) is 20.7. The van der Waals surface area contributed by atoms with Crippen LogP contribution < -0.4 is 10.1 Å². The maximum atomic E-state index is 12.5. The molecule has 0 bridgehead atoms. The molecule has 0 aliphatic rings. The Bertz CT molecular complexity index is 843. The summed E-state index contributed by atoms with van der Waals surface area (Å²) in [4.78, 5) is 28.9. The molecule has 1 amide bonds. The highest BCUT2D eigenvalue weighted by Crippen LogP contribution is 2.19. The fourth-order valence-corrected chi connectivity index (χ4v) is 2.50. The van der Waals surface area contributed by atoms with Crippen LogP contribution in [0, 0.1) is 0 Å². The van der Waals surface area contributed by atoms with Crippen LogP contribution in [0.4, 0.5) is 0 Å². The number of hydrogen-bond acceptors (Lipinski definition) is 6. The molecule has 0 spiro atoms. The Morgan fingerprint density at radius 2 is 1.93 bits per heavy atom. The van der Waals surface area contributed by atoms with E-state index < -0.39 is 11.6 Å². The number of amides is 1. The van der Waals surface area contributed by atoms with Crippen LogP contribution in [0.1, 0.15) is 52.9 Å². The average molecular weight is 386 g/mol. The van der Waals surface area contributed by atoms with Crippen molar-refractivity contribution in [2.45, 2.75) is 32.8 Å². The first-order chi connectivity index (χ1) is 13.2. The second kappa shape index (κ2) is 9.32. The highest BCUT2D eigenvalue weighted by molar-refractivity contribution is 5.96. The Morgan fingerprint density at radius 3 is 2.57 bits per heavy atom. The van der Waals surface area contributed by atoms with Crippen LogP contribution >= 0.6 is 0 Å². The standard InChI is InChI=1S/C21H26N2O5/c1-21(2,3)28-20(26)15-12-16(23-18(13-15)19(25)22-4)10-14-6-5-7-17(11-14)27-9-8-24/h5-7,11-13,24H,8-10H2,1-4H3,(H,22,25). The first-order valence-electron chi connectivity index (χ1n) is 9.01. The first-order valence-corrected chi connectivity index (χ1v) is 9.01. The molecule has 2 aromatic rings. The van der Waals surface area contributed by atoms with Crippen LogP contribution in [0.25, 0.3) is 0 Å². The van der Waals surface area contributed by atoms with Gasteiger partial charge in [-0.15, -0.1) is 0 Å². The summed E-state index contributed by atoms with van der Waals surface area (Å²) in [5.41, 5.74) is 1.22. The van der Waals surface area contributed by atoms with Crippen molar-refractivity contribution in [2.24, 2.45) is 0 Å². The number of aliphatic hydroxyl groups is 1.